The summed E-state index contributed by atoms with van der Waals surface area (Å²) in [6.07, 6.45) is -2.52. The Labute approximate surface area is 247 Å². The number of amides is 1. The first-order chi connectivity index (χ1) is 20.0. The number of hydrogen-bond acceptors (Lipinski definition) is 4. The fraction of sp³-hybridized carbons (Fsp3) is 0.258. The number of thiocarbonyl (C=S) groups is 1. The number of benzene rings is 2. The lowest BCUT2D eigenvalue weighted by molar-refractivity contribution is -0.137. The average Bonchev–Trinajstić information content (AvgIpc) is 3.47. The largest absolute Gasteiger partial charge is 0.494 e. The van der Waals surface area contributed by atoms with Crippen molar-refractivity contribution in [2.24, 2.45) is 0 Å². The number of aryl methyl sites for hydroxylation is 1. The first-order valence-electron chi connectivity index (χ1n) is 13.4. The predicted molar refractivity (Wildman–Crippen MR) is 160 cm³/mol. The van der Waals surface area contributed by atoms with Crippen molar-refractivity contribution in [3.63, 3.8) is 0 Å². The highest BCUT2D eigenvalue weighted by Crippen LogP contribution is 2.46. The normalized spacial score (nSPS) is 16.8. The highest BCUT2D eigenvalue weighted by molar-refractivity contribution is 7.80. The lowest BCUT2D eigenvalue weighted by Crippen LogP contribution is -2.29. The van der Waals surface area contributed by atoms with Crippen LogP contribution in [0.3, 0.4) is 0 Å². The quantitative estimate of drug-likeness (QED) is 0.224. The van der Waals surface area contributed by atoms with E-state index in [-0.39, 0.29) is 11.6 Å². The molecule has 0 unspecified atom stereocenters. The number of hydrogen-bond donors (Lipinski definition) is 2. The van der Waals surface area contributed by atoms with Crippen molar-refractivity contribution in [3.8, 4) is 11.4 Å². The van der Waals surface area contributed by atoms with Gasteiger partial charge in [0.2, 0.25) is 5.91 Å². The van der Waals surface area contributed by atoms with E-state index in [1.165, 1.54) is 19.2 Å². The number of alkyl halides is 3. The first-order valence-corrected chi connectivity index (χ1v) is 13.8. The van der Waals surface area contributed by atoms with Gasteiger partial charge >= 0.3 is 6.18 Å². The summed E-state index contributed by atoms with van der Waals surface area (Å²) in [6, 6.07) is 17.5. The van der Waals surface area contributed by atoms with Gasteiger partial charge < -0.3 is 24.8 Å². The molecule has 1 aliphatic rings. The van der Waals surface area contributed by atoms with Crippen LogP contribution in [0.5, 0.6) is 5.75 Å². The lowest BCUT2D eigenvalue weighted by Gasteiger charge is -2.29. The number of ether oxygens (including phenoxy) is 1. The summed E-state index contributed by atoms with van der Waals surface area (Å²) in [5.41, 5.74) is 3.34. The Kier molecular flexibility index (Phi) is 7.96. The number of para-hydroxylation sites is 1. The van der Waals surface area contributed by atoms with Crippen LogP contribution >= 0.6 is 12.2 Å². The topological polar surface area (TPSA) is 71.4 Å². The molecule has 2 N–H and O–H groups in total. The molecule has 11 heteroatoms. The van der Waals surface area contributed by atoms with Crippen molar-refractivity contribution < 1.29 is 22.7 Å². The van der Waals surface area contributed by atoms with E-state index in [0.717, 1.165) is 17.3 Å². The van der Waals surface area contributed by atoms with Gasteiger partial charge in [-0.25, -0.2) is 0 Å². The molecule has 1 aliphatic heterocycles. The molecule has 0 bridgehead atoms. The third-order valence-electron chi connectivity index (χ3n) is 7.40. The number of carbonyl (C=O) groups is 1. The Morgan fingerprint density at radius 3 is 2.50 bits per heavy atom. The van der Waals surface area contributed by atoms with E-state index in [1.807, 2.05) is 42.2 Å². The molecule has 0 spiro atoms. The lowest BCUT2D eigenvalue weighted by atomic mass is 9.96. The molecule has 2 atom stereocenters. The Bertz CT molecular complexity index is 1640. The molecule has 2 aromatic carbocycles. The maximum atomic E-state index is 14.0. The number of nitrogens with one attached hydrogen (secondary N) is 2. The van der Waals surface area contributed by atoms with Gasteiger partial charge in [0.25, 0.3) is 0 Å². The van der Waals surface area contributed by atoms with Crippen molar-refractivity contribution >= 4 is 34.6 Å². The van der Waals surface area contributed by atoms with E-state index >= 15 is 0 Å². The monoisotopic (exact) mass is 593 g/mol. The number of aromatic nitrogens is 2. The van der Waals surface area contributed by atoms with Gasteiger partial charge in [-0.3, -0.25) is 9.78 Å². The molecular formula is C31H30F3N5O2S. The zero-order valence-corrected chi connectivity index (χ0v) is 24.3. The van der Waals surface area contributed by atoms with Crippen LogP contribution in [0.1, 0.15) is 53.6 Å². The van der Waals surface area contributed by atoms with E-state index in [4.69, 9.17) is 17.0 Å². The van der Waals surface area contributed by atoms with Gasteiger partial charge in [0.15, 0.2) is 5.11 Å². The number of methoxy groups -OCH3 is 1. The van der Waals surface area contributed by atoms with Crippen molar-refractivity contribution in [1.82, 2.24) is 14.9 Å². The van der Waals surface area contributed by atoms with E-state index in [9.17, 15) is 18.0 Å². The number of rotatable bonds is 7. The molecule has 1 saturated heterocycles. The summed E-state index contributed by atoms with van der Waals surface area (Å²) in [7, 11) is 1.52. The number of nitrogens with zero attached hydrogens (tertiary/aromatic N) is 3. The van der Waals surface area contributed by atoms with E-state index in [1.54, 1.807) is 42.8 Å². The summed E-state index contributed by atoms with van der Waals surface area (Å²) in [6.45, 7) is 5.36. The van der Waals surface area contributed by atoms with Gasteiger partial charge in [-0.2, -0.15) is 13.2 Å². The summed E-state index contributed by atoms with van der Waals surface area (Å²) in [4.78, 5) is 18.6. The smallest absolute Gasteiger partial charge is 0.418 e. The van der Waals surface area contributed by atoms with Crippen molar-refractivity contribution in [2.75, 3.05) is 17.3 Å². The van der Waals surface area contributed by atoms with Gasteiger partial charge in [0.05, 0.1) is 41.8 Å². The van der Waals surface area contributed by atoms with Gasteiger partial charge in [0.1, 0.15) is 5.75 Å². The van der Waals surface area contributed by atoms with Crippen LogP contribution in [0.15, 0.2) is 72.9 Å². The van der Waals surface area contributed by atoms with Gasteiger partial charge in [-0.15, -0.1) is 0 Å². The molecule has 7 nitrogen and oxygen atoms in total. The maximum absolute atomic E-state index is 14.0. The highest BCUT2D eigenvalue weighted by atomic mass is 32.1. The van der Waals surface area contributed by atoms with E-state index in [0.29, 0.717) is 40.0 Å². The molecule has 0 saturated carbocycles. The minimum absolute atomic E-state index is 0.0541. The van der Waals surface area contributed by atoms with E-state index < -0.39 is 23.8 Å². The fourth-order valence-electron chi connectivity index (χ4n) is 5.49. The number of halogens is 3. The number of pyridine rings is 1. The first kappa shape index (κ1) is 29.1. The Morgan fingerprint density at radius 2 is 1.83 bits per heavy atom. The summed E-state index contributed by atoms with van der Waals surface area (Å²) in [5, 5.41) is 6.64. The molecule has 0 radical (unpaired) electrons. The summed E-state index contributed by atoms with van der Waals surface area (Å²) in [5.74, 6) is 0.292. The average molecular weight is 594 g/mol. The molecule has 3 heterocycles. The molecule has 1 fully saturated rings. The molecule has 0 aliphatic carbocycles. The van der Waals surface area contributed by atoms with Crippen LogP contribution in [0.4, 0.5) is 24.5 Å². The van der Waals surface area contributed by atoms with E-state index in [2.05, 4.69) is 15.6 Å². The Morgan fingerprint density at radius 1 is 1.10 bits per heavy atom. The minimum Gasteiger partial charge on any atom is -0.494 e. The molecule has 1 amide bonds. The maximum Gasteiger partial charge on any atom is 0.418 e. The zero-order chi connectivity index (χ0) is 30.2. The summed E-state index contributed by atoms with van der Waals surface area (Å²) >= 11 is 5.84. The van der Waals surface area contributed by atoms with Crippen LogP contribution < -0.4 is 20.3 Å². The predicted octanol–water partition coefficient (Wildman–Crippen LogP) is 7.04. The second-order valence-electron chi connectivity index (χ2n) is 9.96. The summed E-state index contributed by atoms with van der Waals surface area (Å²) < 4.78 is 49.3. The Hall–Kier alpha value is -4.38. The minimum atomic E-state index is -4.52. The third kappa shape index (κ3) is 5.32. The zero-order valence-electron chi connectivity index (χ0n) is 23.5. The van der Waals surface area contributed by atoms with Gasteiger partial charge in [-0.1, -0.05) is 25.1 Å². The number of carbonyl (C=O) groups excluding carboxylic acids is 1. The highest BCUT2D eigenvalue weighted by Gasteiger charge is 2.43. The third-order valence-corrected chi connectivity index (χ3v) is 7.71. The van der Waals surface area contributed by atoms with Crippen LogP contribution in [-0.2, 0) is 11.0 Å². The van der Waals surface area contributed by atoms with Crippen LogP contribution in [0.25, 0.3) is 5.69 Å². The molecule has 42 heavy (non-hydrogen) atoms. The van der Waals surface area contributed by atoms with Crippen molar-refractivity contribution in [2.45, 2.75) is 45.5 Å². The number of anilines is 2. The molecule has 218 valence electrons. The van der Waals surface area contributed by atoms with Crippen LogP contribution in [0.2, 0.25) is 0 Å². The SMILES string of the molecule is CCC(=O)Nc1ccc(N2C(=S)N[C@H](c3ccccn3)[C@@H]2c2cc(C)n(-c3ccccc3C(F)(F)F)c2C)cc1OC. The second-order valence-corrected chi connectivity index (χ2v) is 10.3. The molecule has 5 rings (SSSR count). The van der Waals surface area contributed by atoms with Crippen molar-refractivity contribution in [1.29, 1.82) is 0 Å². The van der Waals surface area contributed by atoms with Crippen LogP contribution in [-0.4, -0.2) is 27.7 Å². The molecular weight excluding hydrogens is 563 g/mol. The fourth-order valence-corrected chi connectivity index (χ4v) is 5.83. The Balaban J connectivity index is 1.68. The van der Waals surface area contributed by atoms with Gasteiger partial charge in [0, 0.05) is 35.8 Å². The van der Waals surface area contributed by atoms with Crippen LogP contribution in [0, 0.1) is 13.8 Å². The molecule has 4 aromatic rings. The van der Waals surface area contributed by atoms with Gasteiger partial charge in [-0.05, 0) is 74.1 Å². The standard InChI is InChI=1S/C31H30F3N5O2S/c1-5-27(40)36-23-14-13-20(17-26(23)41-4)39-29(28(37-30(39)42)24-11-8-9-15-35-24)21-16-18(2)38(19(21)3)25-12-7-6-10-22(25)31(32,33)34/h6-17,28-29H,5H2,1-4H3,(H,36,40)(H,37,42)/t28-,29+/m1/s1. The van der Waals surface area contributed by atoms with Crippen molar-refractivity contribution in [3.05, 3.63) is 101 Å². The second kappa shape index (κ2) is 11.5. The molecule has 2 aromatic heterocycles.